The maximum atomic E-state index is 12.5. The van der Waals surface area contributed by atoms with Crippen LogP contribution in [0, 0.1) is 0 Å². The number of hydrogen-bond acceptors (Lipinski definition) is 6. The van der Waals surface area contributed by atoms with Crippen molar-refractivity contribution in [3.63, 3.8) is 0 Å². The molecule has 0 saturated carbocycles. The average molecular weight is 348 g/mol. The topological polar surface area (TPSA) is 85.4 Å². The van der Waals surface area contributed by atoms with Crippen LogP contribution in [0.5, 0.6) is 0 Å². The molecule has 2 rings (SSSR count). The maximum absolute atomic E-state index is 12.5. The molecule has 25 heavy (non-hydrogen) atoms. The van der Waals surface area contributed by atoms with E-state index >= 15 is 0 Å². The van der Waals surface area contributed by atoms with Crippen LogP contribution < -0.4 is 10.6 Å². The van der Waals surface area contributed by atoms with E-state index in [0.29, 0.717) is 31.3 Å². The van der Waals surface area contributed by atoms with Crippen molar-refractivity contribution in [2.75, 3.05) is 25.1 Å². The third kappa shape index (κ3) is 6.43. The molecule has 2 atom stereocenters. The van der Waals surface area contributed by atoms with Crippen LogP contribution in [0.1, 0.15) is 44.5 Å². The Kier molecular flexibility index (Phi) is 7.33. The number of ether oxygens (including phenoxy) is 2. The number of anilines is 1. The van der Waals surface area contributed by atoms with Crippen LogP contribution in [-0.2, 0) is 9.47 Å². The summed E-state index contributed by atoms with van der Waals surface area (Å²) in [7, 11) is 0. The van der Waals surface area contributed by atoms with Crippen molar-refractivity contribution in [2.45, 2.75) is 52.3 Å². The van der Waals surface area contributed by atoms with Crippen molar-refractivity contribution >= 4 is 11.9 Å². The summed E-state index contributed by atoms with van der Waals surface area (Å²) in [5, 5.41) is 6.11. The van der Waals surface area contributed by atoms with E-state index in [1.807, 2.05) is 33.8 Å². The van der Waals surface area contributed by atoms with Crippen molar-refractivity contribution in [2.24, 2.45) is 0 Å². The van der Waals surface area contributed by atoms with Gasteiger partial charge in [-0.3, -0.25) is 4.79 Å². The first-order valence-corrected chi connectivity index (χ1v) is 8.68. The number of rotatable bonds is 7. The van der Waals surface area contributed by atoms with E-state index in [0.717, 1.165) is 6.42 Å². The van der Waals surface area contributed by atoms with Crippen LogP contribution in [0.15, 0.2) is 24.0 Å². The van der Waals surface area contributed by atoms with Gasteiger partial charge in [-0.1, -0.05) is 11.6 Å². The molecule has 138 valence electrons. The minimum atomic E-state index is -0.196. The number of carbonyl (C=O) groups is 1. The summed E-state index contributed by atoms with van der Waals surface area (Å²) in [6.07, 6.45) is 5.65. The predicted octanol–water partition coefficient (Wildman–Crippen LogP) is 2.17. The molecule has 2 heterocycles. The Morgan fingerprint density at radius 3 is 2.76 bits per heavy atom. The lowest BCUT2D eigenvalue weighted by atomic mass is 10.1. The van der Waals surface area contributed by atoms with E-state index in [1.165, 1.54) is 18.0 Å². The standard InChI is InChI=1S/C18H28N4O3/c1-12(2)5-8-25-16-11-24-7-6-15(16)22-17(23)14-9-19-18(20-10-14)21-13(3)4/h5,9-10,13,15-16H,6-8,11H2,1-4H3,(H,22,23)(H,19,20,21)/t15-,16-/m1/s1. The first-order valence-electron chi connectivity index (χ1n) is 8.68. The number of aromatic nitrogens is 2. The largest absolute Gasteiger partial charge is 0.379 e. The van der Waals surface area contributed by atoms with Gasteiger partial charge >= 0.3 is 0 Å². The summed E-state index contributed by atoms with van der Waals surface area (Å²) >= 11 is 0. The lowest BCUT2D eigenvalue weighted by molar-refractivity contribution is -0.0589. The number of nitrogens with zero attached hydrogens (tertiary/aromatic N) is 2. The Morgan fingerprint density at radius 2 is 2.12 bits per heavy atom. The molecule has 1 aromatic heterocycles. The molecule has 0 aliphatic carbocycles. The molecular weight excluding hydrogens is 320 g/mol. The van der Waals surface area contributed by atoms with Gasteiger partial charge in [0, 0.05) is 25.0 Å². The smallest absolute Gasteiger partial charge is 0.254 e. The summed E-state index contributed by atoms with van der Waals surface area (Å²) in [5.74, 6) is 0.319. The molecule has 1 aliphatic heterocycles. The highest BCUT2D eigenvalue weighted by atomic mass is 16.5. The molecule has 7 heteroatoms. The number of nitrogens with one attached hydrogen (secondary N) is 2. The first kappa shape index (κ1) is 19.3. The lowest BCUT2D eigenvalue weighted by Gasteiger charge is -2.31. The average Bonchev–Trinajstić information content (AvgIpc) is 2.56. The quantitative estimate of drug-likeness (QED) is 0.735. The molecule has 0 unspecified atom stereocenters. The van der Waals surface area contributed by atoms with Gasteiger partial charge in [-0.25, -0.2) is 9.97 Å². The number of amides is 1. The van der Waals surface area contributed by atoms with Gasteiger partial charge in [0.25, 0.3) is 5.91 Å². The molecule has 1 fully saturated rings. The molecule has 0 bridgehead atoms. The van der Waals surface area contributed by atoms with Gasteiger partial charge in [0.1, 0.15) is 6.10 Å². The molecule has 0 aromatic carbocycles. The molecule has 0 radical (unpaired) electrons. The minimum Gasteiger partial charge on any atom is -0.379 e. The molecular formula is C18H28N4O3. The lowest BCUT2D eigenvalue weighted by Crippen LogP contribution is -2.50. The fourth-order valence-corrected chi connectivity index (χ4v) is 2.41. The Bertz CT molecular complexity index is 582. The molecule has 1 aliphatic rings. The van der Waals surface area contributed by atoms with Crippen molar-refractivity contribution < 1.29 is 14.3 Å². The monoisotopic (exact) mass is 348 g/mol. The van der Waals surface area contributed by atoms with E-state index in [4.69, 9.17) is 9.47 Å². The van der Waals surface area contributed by atoms with Gasteiger partial charge in [-0.2, -0.15) is 0 Å². The van der Waals surface area contributed by atoms with E-state index < -0.39 is 0 Å². The second kappa shape index (κ2) is 9.48. The minimum absolute atomic E-state index is 0.0831. The molecule has 1 saturated heterocycles. The molecule has 7 nitrogen and oxygen atoms in total. The highest BCUT2D eigenvalue weighted by molar-refractivity contribution is 5.93. The SMILES string of the molecule is CC(C)=CCO[C@@H]1COCC[C@H]1NC(=O)c1cnc(NC(C)C)nc1. The second-order valence-electron chi connectivity index (χ2n) is 6.69. The third-order valence-electron chi connectivity index (χ3n) is 3.75. The van der Waals surface area contributed by atoms with Crippen molar-refractivity contribution in [1.29, 1.82) is 0 Å². The van der Waals surface area contributed by atoms with Gasteiger partial charge in [-0.15, -0.1) is 0 Å². The van der Waals surface area contributed by atoms with Crippen molar-refractivity contribution in [3.05, 3.63) is 29.6 Å². The van der Waals surface area contributed by atoms with Gasteiger partial charge in [0.2, 0.25) is 5.95 Å². The number of allylic oxidation sites excluding steroid dienone is 1. The molecule has 2 N–H and O–H groups in total. The van der Waals surface area contributed by atoms with E-state index in [2.05, 4.69) is 20.6 Å². The highest BCUT2D eigenvalue weighted by Gasteiger charge is 2.28. The highest BCUT2D eigenvalue weighted by Crippen LogP contribution is 2.13. The van der Waals surface area contributed by atoms with Crippen LogP contribution in [0.3, 0.4) is 0 Å². The van der Waals surface area contributed by atoms with Crippen LogP contribution in [0.25, 0.3) is 0 Å². The van der Waals surface area contributed by atoms with Crippen LogP contribution in [0.2, 0.25) is 0 Å². The zero-order valence-corrected chi connectivity index (χ0v) is 15.4. The van der Waals surface area contributed by atoms with Gasteiger partial charge < -0.3 is 20.1 Å². The summed E-state index contributed by atoms with van der Waals surface area (Å²) in [6.45, 7) is 9.67. The fourth-order valence-electron chi connectivity index (χ4n) is 2.41. The van der Waals surface area contributed by atoms with E-state index in [-0.39, 0.29) is 24.1 Å². The normalized spacial score (nSPS) is 20.2. The summed E-state index contributed by atoms with van der Waals surface area (Å²) in [4.78, 5) is 20.8. The number of hydrogen-bond donors (Lipinski definition) is 2. The summed E-state index contributed by atoms with van der Waals surface area (Å²) in [5.41, 5.74) is 1.63. The van der Waals surface area contributed by atoms with Crippen LogP contribution in [-0.4, -0.2) is 53.9 Å². The fraction of sp³-hybridized carbons (Fsp3) is 0.611. The predicted molar refractivity (Wildman–Crippen MR) is 96.7 cm³/mol. The van der Waals surface area contributed by atoms with Crippen LogP contribution >= 0.6 is 0 Å². The number of carbonyl (C=O) groups excluding carboxylic acids is 1. The van der Waals surface area contributed by atoms with Crippen molar-refractivity contribution in [3.8, 4) is 0 Å². The maximum Gasteiger partial charge on any atom is 0.254 e. The summed E-state index contributed by atoms with van der Waals surface area (Å²) in [6, 6.07) is 0.154. The van der Waals surface area contributed by atoms with E-state index in [9.17, 15) is 4.79 Å². The van der Waals surface area contributed by atoms with E-state index in [1.54, 1.807) is 0 Å². The molecule has 0 spiro atoms. The Labute approximate surface area is 149 Å². The molecule has 1 amide bonds. The Balaban J connectivity index is 1.93. The summed E-state index contributed by atoms with van der Waals surface area (Å²) < 4.78 is 11.3. The second-order valence-corrected chi connectivity index (χ2v) is 6.69. The zero-order chi connectivity index (χ0) is 18.2. The first-order chi connectivity index (χ1) is 12.0. The Hall–Kier alpha value is -1.99. The van der Waals surface area contributed by atoms with Gasteiger partial charge in [0.15, 0.2) is 0 Å². The van der Waals surface area contributed by atoms with Gasteiger partial charge in [0.05, 0.1) is 24.8 Å². The molecule has 1 aromatic rings. The zero-order valence-electron chi connectivity index (χ0n) is 15.4. The third-order valence-corrected chi connectivity index (χ3v) is 3.75. The van der Waals surface area contributed by atoms with Crippen molar-refractivity contribution in [1.82, 2.24) is 15.3 Å². The van der Waals surface area contributed by atoms with Crippen LogP contribution in [0.4, 0.5) is 5.95 Å². The van der Waals surface area contributed by atoms with Gasteiger partial charge in [-0.05, 0) is 34.1 Å². The Morgan fingerprint density at radius 1 is 1.40 bits per heavy atom.